The quantitative estimate of drug-likeness (QED) is 0.481. The molecule has 0 aliphatic rings. The van der Waals surface area contributed by atoms with Crippen LogP contribution in [0.1, 0.15) is 52.5 Å². The molecule has 0 saturated heterocycles. The first-order valence-electron chi connectivity index (χ1n) is 9.80. The number of carbonyl (C=O) groups excluding carboxylic acids is 2. The maximum atomic E-state index is 12.1. The number of carbonyl (C=O) groups is 3. The first-order valence-corrected chi connectivity index (χ1v) is 10.2. The second-order valence-electron chi connectivity index (χ2n) is 8.17. The molecule has 0 aliphatic heterocycles. The largest absolute Gasteiger partial charge is 0.490 e. The number of hydrogen-bond acceptors (Lipinski definition) is 5. The van der Waals surface area contributed by atoms with E-state index in [1.165, 1.54) is 0 Å². The Hall–Kier alpha value is -2.48. The van der Waals surface area contributed by atoms with Crippen LogP contribution in [0.4, 0.5) is 4.79 Å². The van der Waals surface area contributed by atoms with E-state index in [0.717, 1.165) is 5.56 Å². The van der Waals surface area contributed by atoms with Gasteiger partial charge in [-0.2, -0.15) is 0 Å². The van der Waals surface area contributed by atoms with Gasteiger partial charge in [0.1, 0.15) is 18.0 Å². The lowest BCUT2D eigenvalue weighted by Gasteiger charge is -2.24. The number of alkyl carbamates (subject to hydrolysis) is 1. The first-order chi connectivity index (χ1) is 13.9. The Morgan fingerprint density at radius 2 is 1.90 bits per heavy atom. The molecule has 1 aromatic rings. The highest BCUT2D eigenvalue weighted by Crippen LogP contribution is 2.30. The molecule has 0 spiro atoms. The summed E-state index contributed by atoms with van der Waals surface area (Å²) < 4.78 is 11.0. The lowest BCUT2D eigenvalue weighted by Crippen LogP contribution is -2.42. The zero-order valence-electron chi connectivity index (χ0n) is 17.9. The summed E-state index contributed by atoms with van der Waals surface area (Å²) >= 11 is 6.42. The van der Waals surface area contributed by atoms with E-state index in [9.17, 15) is 14.4 Å². The number of primary amides is 1. The summed E-state index contributed by atoms with van der Waals surface area (Å²) in [6.07, 6.45) is 0.667. The lowest BCUT2D eigenvalue weighted by atomic mass is 10.0. The van der Waals surface area contributed by atoms with Gasteiger partial charge in [-0.15, -0.1) is 0 Å². The smallest absolute Gasteiger partial charge is 0.407 e. The number of ether oxygens (including phenoxy) is 2. The number of rotatable bonds is 11. The molecule has 1 aromatic carbocycles. The van der Waals surface area contributed by atoms with Crippen LogP contribution in [-0.2, 0) is 20.7 Å². The first kappa shape index (κ1) is 25.6. The molecule has 30 heavy (non-hydrogen) atoms. The number of amides is 2. The fourth-order valence-corrected chi connectivity index (χ4v) is 2.81. The molecule has 9 heteroatoms. The monoisotopic (exact) mass is 442 g/mol. The van der Waals surface area contributed by atoms with Gasteiger partial charge in [0.15, 0.2) is 0 Å². The molecule has 2 amide bonds. The van der Waals surface area contributed by atoms with E-state index in [4.69, 9.17) is 31.9 Å². The second kappa shape index (κ2) is 11.6. The van der Waals surface area contributed by atoms with Gasteiger partial charge in [-0.3, -0.25) is 9.59 Å². The minimum atomic E-state index is -0.857. The number of nitrogens with two attached hydrogens (primary N) is 1. The number of halogens is 1. The molecule has 0 saturated carbocycles. The van der Waals surface area contributed by atoms with Crippen LogP contribution in [0, 0.1) is 5.92 Å². The third-order valence-corrected chi connectivity index (χ3v) is 4.64. The van der Waals surface area contributed by atoms with Crippen molar-refractivity contribution in [1.29, 1.82) is 0 Å². The average Bonchev–Trinajstić information content (AvgIpc) is 2.61. The Morgan fingerprint density at radius 3 is 2.47 bits per heavy atom. The highest BCUT2D eigenvalue weighted by atomic mass is 35.5. The number of carboxylic acids is 1. The number of nitrogens with one attached hydrogen (secondary N) is 1. The molecule has 0 bridgehead atoms. The Balaban J connectivity index is 2.79. The fraction of sp³-hybridized carbons (Fsp3) is 0.571. The molecule has 1 unspecified atom stereocenters. The summed E-state index contributed by atoms with van der Waals surface area (Å²) in [6.45, 7) is 6.94. The van der Waals surface area contributed by atoms with E-state index in [1.807, 2.05) is 6.07 Å². The standard InChI is InChI=1S/C21H31ClN2O6/c1-13(19(26)27)8-9-14-6-5-7-16(18(14)22)29-12-15(10-11-17(23)25)24-20(28)30-21(2,3)4/h5-7,13,15H,8-12H2,1-4H3,(H2,23,25)(H,24,28)(H,26,27)/t13?,15-/m0/s1. The third-order valence-electron chi connectivity index (χ3n) is 4.21. The highest BCUT2D eigenvalue weighted by molar-refractivity contribution is 6.32. The summed E-state index contributed by atoms with van der Waals surface area (Å²) in [5, 5.41) is 12.1. The predicted molar refractivity (Wildman–Crippen MR) is 114 cm³/mol. The van der Waals surface area contributed by atoms with Gasteiger partial charge in [-0.25, -0.2) is 4.79 Å². The fourth-order valence-electron chi connectivity index (χ4n) is 2.53. The average molecular weight is 443 g/mol. The Bertz CT molecular complexity index is 748. The number of hydrogen-bond donors (Lipinski definition) is 3. The van der Waals surface area contributed by atoms with Crippen molar-refractivity contribution >= 4 is 29.6 Å². The van der Waals surface area contributed by atoms with Crippen LogP contribution in [0.5, 0.6) is 5.75 Å². The van der Waals surface area contributed by atoms with Crippen LogP contribution in [0.25, 0.3) is 0 Å². The molecule has 1 rings (SSSR count). The lowest BCUT2D eigenvalue weighted by molar-refractivity contribution is -0.141. The molecule has 8 nitrogen and oxygen atoms in total. The van der Waals surface area contributed by atoms with E-state index in [-0.39, 0.29) is 19.4 Å². The summed E-state index contributed by atoms with van der Waals surface area (Å²) in [7, 11) is 0. The van der Waals surface area contributed by atoms with Gasteiger partial charge >= 0.3 is 12.1 Å². The SMILES string of the molecule is CC(CCc1cccc(OC[C@H](CCC(N)=O)NC(=O)OC(C)(C)C)c1Cl)C(=O)O. The zero-order valence-corrected chi connectivity index (χ0v) is 18.6. The molecule has 0 radical (unpaired) electrons. The van der Waals surface area contributed by atoms with E-state index < -0.39 is 35.5 Å². The van der Waals surface area contributed by atoms with Crippen LogP contribution in [0.15, 0.2) is 18.2 Å². The maximum absolute atomic E-state index is 12.1. The topological polar surface area (TPSA) is 128 Å². The molecule has 4 N–H and O–H groups in total. The van der Waals surface area contributed by atoms with Crippen LogP contribution < -0.4 is 15.8 Å². The highest BCUT2D eigenvalue weighted by Gasteiger charge is 2.21. The van der Waals surface area contributed by atoms with E-state index >= 15 is 0 Å². The number of aryl methyl sites for hydroxylation is 1. The van der Waals surface area contributed by atoms with Crippen LogP contribution in [0.3, 0.4) is 0 Å². The summed E-state index contributed by atoms with van der Waals surface area (Å²) in [5.41, 5.74) is 5.33. The van der Waals surface area contributed by atoms with Crippen molar-refractivity contribution in [2.45, 2.75) is 65.0 Å². The van der Waals surface area contributed by atoms with Crippen molar-refractivity contribution in [1.82, 2.24) is 5.32 Å². The van der Waals surface area contributed by atoms with Gasteiger partial charge < -0.3 is 25.6 Å². The molecule has 0 fully saturated rings. The van der Waals surface area contributed by atoms with Crippen LogP contribution in [0.2, 0.25) is 5.02 Å². The van der Waals surface area contributed by atoms with Gasteiger partial charge in [-0.05, 0) is 51.7 Å². The van der Waals surface area contributed by atoms with E-state index in [0.29, 0.717) is 23.6 Å². The Labute approximate surface area is 182 Å². The number of aliphatic carboxylic acids is 1. The van der Waals surface area contributed by atoms with Crippen molar-refractivity contribution in [2.75, 3.05) is 6.61 Å². The molecule has 2 atom stereocenters. The zero-order chi connectivity index (χ0) is 22.9. The number of benzene rings is 1. The summed E-state index contributed by atoms with van der Waals surface area (Å²) in [4.78, 5) is 34.2. The molecular formula is C21H31ClN2O6. The van der Waals surface area contributed by atoms with Crippen molar-refractivity contribution in [3.8, 4) is 5.75 Å². The molecular weight excluding hydrogens is 412 g/mol. The Morgan fingerprint density at radius 1 is 1.23 bits per heavy atom. The van der Waals surface area contributed by atoms with Gasteiger partial charge in [-0.1, -0.05) is 30.7 Å². The number of carboxylic acid groups (broad SMARTS) is 1. The van der Waals surface area contributed by atoms with Gasteiger partial charge in [0, 0.05) is 6.42 Å². The third kappa shape index (κ3) is 9.82. The minimum Gasteiger partial charge on any atom is -0.490 e. The molecule has 0 aromatic heterocycles. The van der Waals surface area contributed by atoms with Crippen molar-refractivity contribution in [3.05, 3.63) is 28.8 Å². The normalized spacial score (nSPS) is 13.2. The molecule has 0 aliphatic carbocycles. The molecule has 168 valence electrons. The molecule has 0 heterocycles. The van der Waals surface area contributed by atoms with Gasteiger partial charge in [0.05, 0.1) is 17.0 Å². The van der Waals surface area contributed by atoms with Crippen molar-refractivity contribution < 1.29 is 29.0 Å². The maximum Gasteiger partial charge on any atom is 0.407 e. The van der Waals surface area contributed by atoms with Gasteiger partial charge in [0.2, 0.25) is 5.91 Å². The summed E-state index contributed by atoms with van der Waals surface area (Å²) in [6, 6.07) is 4.75. The van der Waals surface area contributed by atoms with Crippen LogP contribution >= 0.6 is 11.6 Å². The second-order valence-corrected chi connectivity index (χ2v) is 8.54. The predicted octanol–water partition coefficient (Wildman–Crippen LogP) is 3.53. The van der Waals surface area contributed by atoms with E-state index in [1.54, 1.807) is 39.8 Å². The summed E-state index contributed by atoms with van der Waals surface area (Å²) in [5.74, 6) is -1.42. The van der Waals surface area contributed by atoms with E-state index in [2.05, 4.69) is 5.32 Å². The van der Waals surface area contributed by atoms with Gasteiger partial charge in [0.25, 0.3) is 0 Å². The Kier molecular flexibility index (Phi) is 9.92. The van der Waals surface area contributed by atoms with Crippen molar-refractivity contribution in [3.63, 3.8) is 0 Å². The van der Waals surface area contributed by atoms with Crippen molar-refractivity contribution in [2.24, 2.45) is 11.7 Å². The van der Waals surface area contributed by atoms with Crippen LogP contribution in [-0.4, -0.2) is 41.3 Å². The minimum absolute atomic E-state index is 0.0568.